The van der Waals surface area contributed by atoms with Gasteiger partial charge >= 0.3 is 6.03 Å². The van der Waals surface area contributed by atoms with Crippen molar-refractivity contribution >= 4 is 21.6 Å². The monoisotopic (exact) mass is 377 g/mol. The molecule has 1 saturated carbocycles. The van der Waals surface area contributed by atoms with E-state index in [0.717, 1.165) is 18.4 Å². The lowest BCUT2D eigenvalue weighted by molar-refractivity contribution is 0.244. The fourth-order valence-electron chi connectivity index (χ4n) is 3.28. The molecule has 1 aromatic heterocycles. The van der Waals surface area contributed by atoms with Crippen molar-refractivity contribution in [2.45, 2.75) is 37.0 Å². The van der Waals surface area contributed by atoms with Crippen LogP contribution in [0.2, 0.25) is 0 Å². The number of aromatic nitrogens is 3. The lowest BCUT2D eigenvalue weighted by Gasteiger charge is -2.30. The number of nitrogens with zero attached hydrogens (tertiary/aromatic N) is 3. The summed E-state index contributed by atoms with van der Waals surface area (Å²) in [6.07, 6.45) is 5.92. The van der Waals surface area contributed by atoms with Crippen molar-refractivity contribution in [3.05, 3.63) is 30.6 Å². The minimum Gasteiger partial charge on any atom is -0.334 e. The number of sulfone groups is 1. The predicted molar refractivity (Wildman–Crippen MR) is 99.5 cm³/mol. The van der Waals surface area contributed by atoms with Crippen molar-refractivity contribution in [1.82, 2.24) is 20.1 Å². The summed E-state index contributed by atoms with van der Waals surface area (Å²) in [5.74, 6) is 0.613. The van der Waals surface area contributed by atoms with Crippen LogP contribution in [0, 0.1) is 0 Å². The van der Waals surface area contributed by atoms with E-state index in [1.165, 1.54) is 6.26 Å². The maximum absolute atomic E-state index is 12.3. The molecule has 1 aliphatic rings. The zero-order chi connectivity index (χ0) is 18.7. The molecule has 1 fully saturated rings. The lowest BCUT2D eigenvalue weighted by atomic mass is 9.95. The third kappa shape index (κ3) is 4.40. The van der Waals surface area contributed by atoms with E-state index in [0.29, 0.717) is 24.4 Å². The van der Waals surface area contributed by atoms with Gasteiger partial charge in [-0.25, -0.2) is 18.2 Å². The van der Waals surface area contributed by atoms with Crippen LogP contribution in [0.4, 0.5) is 10.5 Å². The second kappa shape index (κ2) is 7.45. The van der Waals surface area contributed by atoms with Gasteiger partial charge in [-0.2, -0.15) is 5.10 Å². The van der Waals surface area contributed by atoms with E-state index in [1.807, 2.05) is 12.1 Å². The highest BCUT2D eigenvalue weighted by Crippen LogP contribution is 2.24. The molecule has 8 nitrogen and oxygen atoms in total. The number of aryl methyl sites for hydroxylation is 1. The van der Waals surface area contributed by atoms with Gasteiger partial charge in [-0.15, -0.1) is 0 Å². The van der Waals surface area contributed by atoms with Crippen LogP contribution in [-0.4, -0.2) is 46.8 Å². The molecular formula is C17H23N5O3S. The van der Waals surface area contributed by atoms with Gasteiger partial charge in [-0.1, -0.05) is 12.8 Å². The van der Waals surface area contributed by atoms with Gasteiger partial charge in [0, 0.05) is 30.6 Å². The molecule has 0 bridgehead atoms. The van der Waals surface area contributed by atoms with E-state index >= 15 is 0 Å². The first-order valence-corrected chi connectivity index (χ1v) is 10.5. The molecule has 2 N–H and O–H groups in total. The summed E-state index contributed by atoms with van der Waals surface area (Å²) in [6, 6.07) is 6.43. The molecule has 2 aromatic rings. The summed E-state index contributed by atoms with van der Waals surface area (Å²) in [5, 5.41) is 9.29. The van der Waals surface area contributed by atoms with E-state index in [9.17, 15) is 13.2 Å². The van der Waals surface area contributed by atoms with Gasteiger partial charge in [0.05, 0.1) is 5.25 Å². The number of carbonyl (C=O) groups is 1. The Hall–Kier alpha value is -2.42. The molecule has 1 aromatic carbocycles. The molecule has 0 radical (unpaired) electrons. The van der Waals surface area contributed by atoms with Crippen molar-refractivity contribution in [1.29, 1.82) is 0 Å². The van der Waals surface area contributed by atoms with E-state index in [-0.39, 0.29) is 6.04 Å². The number of rotatable bonds is 4. The number of amides is 2. The maximum atomic E-state index is 12.3. The largest absolute Gasteiger partial charge is 0.334 e. The van der Waals surface area contributed by atoms with Gasteiger partial charge in [-0.05, 0) is 37.1 Å². The summed E-state index contributed by atoms with van der Waals surface area (Å²) in [7, 11) is -1.39. The number of hydrogen-bond donors (Lipinski definition) is 2. The summed E-state index contributed by atoms with van der Waals surface area (Å²) in [4.78, 5) is 16.4. The summed E-state index contributed by atoms with van der Waals surface area (Å²) >= 11 is 0. The van der Waals surface area contributed by atoms with Crippen LogP contribution < -0.4 is 10.6 Å². The highest BCUT2D eigenvalue weighted by Gasteiger charge is 2.33. The number of carbonyl (C=O) groups excluding carboxylic acids is 1. The summed E-state index contributed by atoms with van der Waals surface area (Å²) in [5.41, 5.74) is 1.47. The fourth-order valence-corrected chi connectivity index (χ4v) is 4.68. The average molecular weight is 377 g/mol. The number of hydrogen-bond acceptors (Lipinski definition) is 5. The summed E-state index contributed by atoms with van der Waals surface area (Å²) < 4.78 is 25.5. The van der Waals surface area contributed by atoms with Crippen molar-refractivity contribution in [2.24, 2.45) is 7.05 Å². The molecular weight excluding hydrogens is 354 g/mol. The van der Waals surface area contributed by atoms with Gasteiger partial charge in [0.15, 0.2) is 15.7 Å². The highest BCUT2D eigenvalue weighted by atomic mass is 32.2. The molecule has 1 heterocycles. The molecule has 2 amide bonds. The molecule has 1 aliphatic carbocycles. The van der Waals surface area contributed by atoms with Crippen LogP contribution in [0.15, 0.2) is 30.6 Å². The lowest BCUT2D eigenvalue weighted by Crippen LogP contribution is -2.49. The molecule has 3 rings (SSSR count). The third-order valence-corrected chi connectivity index (χ3v) is 6.23. The Morgan fingerprint density at radius 2 is 1.88 bits per heavy atom. The molecule has 140 valence electrons. The Morgan fingerprint density at radius 1 is 1.19 bits per heavy atom. The normalized spacial score (nSPS) is 20.5. The van der Waals surface area contributed by atoms with Gasteiger partial charge in [0.1, 0.15) is 6.33 Å². The SMILES string of the molecule is Cn1cnc(-c2ccc(NC(=O)N[C@@H]3CCCC[C@H]3S(C)(=O)=O)cc2)n1. The molecule has 2 atom stereocenters. The second-order valence-electron chi connectivity index (χ2n) is 6.68. The Bertz CT molecular complexity index is 876. The fraction of sp³-hybridized carbons (Fsp3) is 0.471. The Balaban J connectivity index is 1.62. The van der Waals surface area contributed by atoms with E-state index in [1.54, 1.807) is 30.2 Å². The third-order valence-electron chi connectivity index (χ3n) is 4.57. The van der Waals surface area contributed by atoms with Crippen LogP contribution in [0.25, 0.3) is 11.4 Å². The van der Waals surface area contributed by atoms with Crippen LogP contribution in [-0.2, 0) is 16.9 Å². The Morgan fingerprint density at radius 3 is 2.50 bits per heavy atom. The predicted octanol–water partition coefficient (Wildman–Crippen LogP) is 1.96. The molecule has 0 saturated heterocycles. The first kappa shape index (κ1) is 18.4. The zero-order valence-electron chi connectivity index (χ0n) is 14.8. The van der Waals surface area contributed by atoms with Crippen molar-refractivity contribution in [2.75, 3.05) is 11.6 Å². The van der Waals surface area contributed by atoms with Crippen LogP contribution in [0.3, 0.4) is 0 Å². The van der Waals surface area contributed by atoms with E-state index in [2.05, 4.69) is 20.7 Å². The molecule has 26 heavy (non-hydrogen) atoms. The van der Waals surface area contributed by atoms with E-state index in [4.69, 9.17) is 0 Å². The number of anilines is 1. The van der Waals surface area contributed by atoms with Gasteiger partial charge in [-0.3, -0.25) is 4.68 Å². The van der Waals surface area contributed by atoms with E-state index < -0.39 is 21.1 Å². The standard InChI is InChI=1S/C17H23N5O3S/c1-22-11-18-16(21-22)12-7-9-13(10-8-12)19-17(23)20-14-5-3-4-6-15(14)26(2,24)25/h7-11,14-15H,3-6H2,1-2H3,(H2,19,20,23)/t14-,15-/m1/s1. The molecule has 9 heteroatoms. The van der Waals surface area contributed by atoms with Crippen LogP contribution in [0.1, 0.15) is 25.7 Å². The second-order valence-corrected chi connectivity index (χ2v) is 8.94. The maximum Gasteiger partial charge on any atom is 0.319 e. The molecule has 0 spiro atoms. The summed E-state index contributed by atoms with van der Waals surface area (Å²) in [6.45, 7) is 0. The average Bonchev–Trinajstić information content (AvgIpc) is 3.01. The number of urea groups is 1. The minimum absolute atomic E-state index is 0.351. The quantitative estimate of drug-likeness (QED) is 0.847. The smallest absolute Gasteiger partial charge is 0.319 e. The van der Waals surface area contributed by atoms with Gasteiger partial charge in [0.2, 0.25) is 0 Å². The van der Waals surface area contributed by atoms with Crippen LogP contribution in [0.5, 0.6) is 0 Å². The number of benzene rings is 1. The van der Waals surface area contributed by atoms with Crippen molar-refractivity contribution in [3.8, 4) is 11.4 Å². The van der Waals surface area contributed by atoms with Crippen LogP contribution >= 0.6 is 0 Å². The van der Waals surface area contributed by atoms with Gasteiger partial charge < -0.3 is 10.6 Å². The van der Waals surface area contributed by atoms with Gasteiger partial charge in [0.25, 0.3) is 0 Å². The topological polar surface area (TPSA) is 106 Å². The molecule has 0 aliphatic heterocycles. The molecule has 0 unspecified atom stereocenters. The zero-order valence-corrected chi connectivity index (χ0v) is 15.7. The highest BCUT2D eigenvalue weighted by molar-refractivity contribution is 7.91. The van der Waals surface area contributed by atoms with Crippen molar-refractivity contribution < 1.29 is 13.2 Å². The Kier molecular flexibility index (Phi) is 5.26. The minimum atomic E-state index is -3.19. The van der Waals surface area contributed by atoms with Crippen molar-refractivity contribution in [3.63, 3.8) is 0 Å². The first-order valence-electron chi connectivity index (χ1n) is 8.55. The Labute approximate surface area is 152 Å². The number of nitrogens with one attached hydrogen (secondary N) is 2. The first-order chi connectivity index (χ1) is 12.3.